The van der Waals surface area contributed by atoms with Gasteiger partial charge in [-0.15, -0.1) is 0 Å². The third-order valence-electron chi connectivity index (χ3n) is 8.61. The largest absolute Gasteiger partial charge is 0.508 e. The number of phenols is 1. The van der Waals surface area contributed by atoms with Crippen LogP contribution < -0.4 is 5.56 Å². The van der Waals surface area contributed by atoms with E-state index in [1.54, 1.807) is 4.68 Å². The standard InChI is InChI=1S/C27H30BrN3O2/c1-29-24(25(28)26(33)31(29)19-7-3-2-4-8-19)17-30-14-13-27-12-6-5-9-21(27)23(30)15-18-10-11-20(32)16-22(18)27/h2-4,7-8,10-11,16,21,23,32H,5-6,9,12-15,17H2,1H3/t21?,23-,27-/m0/s1. The molecular formula is C27H30BrN3O2. The number of piperidine rings is 1. The van der Waals surface area contributed by atoms with Crippen molar-refractivity contribution in [3.63, 3.8) is 0 Å². The van der Waals surface area contributed by atoms with E-state index in [2.05, 4.69) is 33.0 Å². The second kappa shape index (κ2) is 7.88. The molecule has 3 aliphatic rings. The Balaban J connectivity index is 1.38. The Morgan fingerprint density at radius 1 is 1.12 bits per heavy atom. The Labute approximate surface area is 202 Å². The summed E-state index contributed by atoms with van der Waals surface area (Å²) in [6.07, 6.45) is 7.19. The highest BCUT2D eigenvalue weighted by atomic mass is 79.9. The number of aromatic hydroxyl groups is 1. The maximum Gasteiger partial charge on any atom is 0.286 e. The van der Waals surface area contributed by atoms with E-state index in [-0.39, 0.29) is 11.0 Å². The van der Waals surface area contributed by atoms with Crippen LogP contribution >= 0.6 is 15.9 Å². The molecule has 0 amide bonds. The van der Waals surface area contributed by atoms with Crippen molar-refractivity contribution in [2.75, 3.05) is 6.54 Å². The van der Waals surface area contributed by atoms with Crippen molar-refractivity contribution in [3.05, 3.63) is 80.2 Å². The average molecular weight is 508 g/mol. The molecule has 1 unspecified atom stereocenters. The Morgan fingerprint density at radius 2 is 1.94 bits per heavy atom. The van der Waals surface area contributed by atoms with Gasteiger partial charge >= 0.3 is 0 Å². The van der Waals surface area contributed by atoms with E-state index in [1.807, 2.05) is 48.1 Å². The topological polar surface area (TPSA) is 50.4 Å². The number of likely N-dealkylation sites (tertiary alicyclic amines) is 1. The van der Waals surface area contributed by atoms with E-state index in [1.165, 1.54) is 36.8 Å². The van der Waals surface area contributed by atoms with Crippen molar-refractivity contribution >= 4 is 15.9 Å². The van der Waals surface area contributed by atoms with Gasteiger partial charge in [0, 0.05) is 25.0 Å². The Bertz CT molecular complexity index is 1260. The number of phenolic OH excluding ortho intramolecular Hbond substituents is 1. The normalized spacial score (nSPS) is 26.6. The van der Waals surface area contributed by atoms with Gasteiger partial charge in [0.2, 0.25) is 0 Å². The third-order valence-corrected chi connectivity index (χ3v) is 9.41. The number of benzene rings is 2. The lowest BCUT2D eigenvalue weighted by Gasteiger charge is -2.59. The maximum atomic E-state index is 13.1. The smallest absolute Gasteiger partial charge is 0.286 e. The summed E-state index contributed by atoms with van der Waals surface area (Å²) in [5.74, 6) is 1.01. The van der Waals surface area contributed by atoms with E-state index < -0.39 is 0 Å². The van der Waals surface area contributed by atoms with Crippen LogP contribution in [0.5, 0.6) is 5.75 Å². The van der Waals surface area contributed by atoms with Gasteiger partial charge in [0.25, 0.3) is 5.56 Å². The molecule has 1 saturated carbocycles. The summed E-state index contributed by atoms with van der Waals surface area (Å²) in [5.41, 5.74) is 4.91. The van der Waals surface area contributed by atoms with Crippen LogP contribution in [-0.2, 0) is 25.4 Å². The molecule has 3 aromatic rings. The summed E-state index contributed by atoms with van der Waals surface area (Å²) in [7, 11) is 1.99. The molecule has 0 radical (unpaired) electrons. The number of hydrogen-bond acceptors (Lipinski definition) is 3. The number of fused-ring (bicyclic) bond motifs is 1. The number of para-hydroxylation sites is 1. The minimum absolute atomic E-state index is 0.00723. The molecule has 5 nitrogen and oxygen atoms in total. The second-order valence-electron chi connectivity index (χ2n) is 10.1. The number of aromatic nitrogens is 2. The maximum absolute atomic E-state index is 13.1. The van der Waals surface area contributed by atoms with Gasteiger partial charge in [0.05, 0.1) is 11.4 Å². The molecule has 2 aromatic carbocycles. The zero-order chi connectivity index (χ0) is 22.7. The van der Waals surface area contributed by atoms with Gasteiger partial charge < -0.3 is 5.11 Å². The molecule has 2 aliphatic carbocycles. The van der Waals surface area contributed by atoms with Crippen molar-refractivity contribution in [2.45, 2.75) is 56.5 Å². The lowest BCUT2D eigenvalue weighted by Crippen LogP contribution is -2.60. The zero-order valence-corrected chi connectivity index (χ0v) is 20.6. The first-order chi connectivity index (χ1) is 16.0. The van der Waals surface area contributed by atoms with Crippen molar-refractivity contribution in [1.82, 2.24) is 14.3 Å². The lowest BCUT2D eigenvalue weighted by molar-refractivity contribution is -0.0169. The summed E-state index contributed by atoms with van der Waals surface area (Å²) in [5, 5.41) is 10.3. The fraction of sp³-hybridized carbons (Fsp3) is 0.444. The van der Waals surface area contributed by atoms with Crippen LogP contribution in [0.15, 0.2) is 57.8 Å². The van der Waals surface area contributed by atoms with Gasteiger partial charge in [0.1, 0.15) is 10.2 Å². The van der Waals surface area contributed by atoms with Crippen LogP contribution in [0.3, 0.4) is 0 Å². The van der Waals surface area contributed by atoms with Gasteiger partial charge in [-0.05, 0) is 89.5 Å². The van der Waals surface area contributed by atoms with E-state index in [4.69, 9.17) is 0 Å². The molecule has 2 fully saturated rings. The van der Waals surface area contributed by atoms with Crippen molar-refractivity contribution in [3.8, 4) is 11.4 Å². The SMILES string of the molecule is Cn1c(CN2CC[C@@]34CCCCC3[C@@H]2Cc2ccc(O)cc24)c(Br)c(=O)n1-c1ccccc1. The van der Waals surface area contributed by atoms with E-state index >= 15 is 0 Å². The number of halogens is 1. The first-order valence-electron chi connectivity index (χ1n) is 12.1. The van der Waals surface area contributed by atoms with Crippen LogP contribution in [0.2, 0.25) is 0 Å². The Morgan fingerprint density at radius 3 is 2.76 bits per heavy atom. The Kier molecular flexibility index (Phi) is 5.07. The molecule has 2 bridgehead atoms. The molecule has 33 heavy (non-hydrogen) atoms. The predicted molar refractivity (Wildman–Crippen MR) is 133 cm³/mol. The minimum Gasteiger partial charge on any atom is -0.508 e. The summed E-state index contributed by atoms with van der Waals surface area (Å²) in [6, 6.07) is 16.4. The van der Waals surface area contributed by atoms with E-state index in [0.29, 0.717) is 22.2 Å². The molecule has 1 N–H and O–H groups in total. The van der Waals surface area contributed by atoms with Gasteiger partial charge in [-0.1, -0.05) is 37.1 Å². The quantitative estimate of drug-likeness (QED) is 0.548. The molecule has 0 spiro atoms. The predicted octanol–water partition coefficient (Wildman–Crippen LogP) is 4.90. The zero-order valence-electron chi connectivity index (χ0n) is 19.0. The van der Waals surface area contributed by atoms with E-state index in [0.717, 1.165) is 37.3 Å². The highest BCUT2D eigenvalue weighted by molar-refractivity contribution is 9.10. The Hall–Kier alpha value is -2.31. The van der Waals surface area contributed by atoms with Crippen molar-refractivity contribution < 1.29 is 5.11 Å². The molecule has 172 valence electrons. The average Bonchev–Trinajstić information content (AvgIpc) is 3.04. The summed E-state index contributed by atoms with van der Waals surface area (Å²) >= 11 is 3.64. The van der Waals surface area contributed by atoms with Crippen molar-refractivity contribution in [1.29, 1.82) is 0 Å². The molecule has 6 rings (SSSR count). The highest BCUT2D eigenvalue weighted by Gasteiger charge is 2.53. The molecule has 3 atom stereocenters. The van der Waals surface area contributed by atoms with Crippen LogP contribution in [0, 0.1) is 5.92 Å². The fourth-order valence-corrected chi connectivity index (χ4v) is 7.66. The minimum atomic E-state index is -0.00723. The van der Waals surface area contributed by atoms with Crippen LogP contribution in [0.1, 0.15) is 48.9 Å². The summed E-state index contributed by atoms with van der Waals surface area (Å²) in [4.78, 5) is 15.8. The summed E-state index contributed by atoms with van der Waals surface area (Å²) in [6.45, 7) is 1.78. The van der Waals surface area contributed by atoms with Crippen LogP contribution in [-0.4, -0.2) is 32.0 Å². The van der Waals surface area contributed by atoms with Crippen LogP contribution in [0.4, 0.5) is 0 Å². The summed E-state index contributed by atoms with van der Waals surface area (Å²) < 4.78 is 4.43. The fourth-order valence-electron chi connectivity index (χ4n) is 7.11. The van der Waals surface area contributed by atoms with Gasteiger partial charge in [-0.3, -0.25) is 14.4 Å². The monoisotopic (exact) mass is 507 g/mol. The molecule has 1 saturated heterocycles. The van der Waals surface area contributed by atoms with Crippen LogP contribution in [0.25, 0.3) is 5.69 Å². The molecular weight excluding hydrogens is 478 g/mol. The van der Waals surface area contributed by atoms with Gasteiger partial charge in [-0.25, -0.2) is 4.68 Å². The van der Waals surface area contributed by atoms with Gasteiger partial charge in [-0.2, -0.15) is 0 Å². The number of rotatable bonds is 3. The first kappa shape index (κ1) is 21.2. The third kappa shape index (κ3) is 3.17. The van der Waals surface area contributed by atoms with Crippen molar-refractivity contribution in [2.24, 2.45) is 13.0 Å². The second-order valence-corrected chi connectivity index (χ2v) is 10.9. The molecule has 6 heteroatoms. The molecule has 2 heterocycles. The van der Waals surface area contributed by atoms with Gasteiger partial charge in [0.15, 0.2) is 0 Å². The number of hydrogen-bond donors (Lipinski definition) is 1. The highest BCUT2D eigenvalue weighted by Crippen LogP contribution is 2.56. The first-order valence-corrected chi connectivity index (χ1v) is 12.9. The van der Waals surface area contributed by atoms with E-state index in [9.17, 15) is 9.90 Å². The lowest BCUT2D eigenvalue weighted by atomic mass is 9.52. The number of nitrogens with zero attached hydrogens (tertiary/aromatic N) is 3. The molecule has 1 aliphatic heterocycles. The molecule has 1 aromatic heterocycles.